The number of aliphatic hydroxyl groups is 1. The molecule has 1 atom stereocenters. The molecule has 1 heterocycles. The van der Waals surface area contributed by atoms with Crippen LogP contribution in [0.1, 0.15) is 41.6 Å². The van der Waals surface area contributed by atoms with Crippen LogP contribution >= 0.6 is 0 Å². The van der Waals surface area contributed by atoms with E-state index in [-0.39, 0.29) is 5.56 Å². The highest BCUT2D eigenvalue weighted by molar-refractivity contribution is 6.04. The number of hydrogen-bond acceptors (Lipinski definition) is 2. The Hall–Kier alpha value is -1.81. The van der Waals surface area contributed by atoms with Gasteiger partial charge in [0.15, 0.2) is 0 Å². The molecule has 2 aromatic rings. The fraction of sp³-hybridized carbons (Fsp3) is 0.357. The van der Waals surface area contributed by atoms with Gasteiger partial charge in [-0.1, -0.05) is 12.1 Å². The molecule has 0 fully saturated rings. The monoisotopic (exact) mass is 247 g/mol. The minimum atomic E-state index is -0.940. The molecule has 1 aromatic carbocycles. The summed E-state index contributed by atoms with van der Waals surface area (Å²) in [6.07, 6.45) is -0.607. The molecule has 96 valence electrons. The second-order valence-corrected chi connectivity index (χ2v) is 4.43. The lowest BCUT2D eigenvalue weighted by Crippen LogP contribution is -2.03. The summed E-state index contributed by atoms with van der Waals surface area (Å²) in [7, 11) is 0. The average molecular weight is 247 g/mol. The summed E-state index contributed by atoms with van der Waals surface area (Å²) in [5.74, 6) is -0.940. The largest absolute Gasteiger partial charge is 0.478 e. The van der Waals surface area contributed by atoms with E-state index >= 15 is 0 Å². The maximum atomic E-state index is 11.3. The van der Waals surface area contributed by atoms with Gasteiger partial charge in [-0.2, -0.15) is 0 Å². The Bertz CT molecular complexity index is 611. The van der Waals surface area contributed by atoms with Gasteiger partial charge >= 0.3 is 5.97 Å². The second-order valence-electron chi connectivity index (χ2n) is 4.43. The number of aromatic carboxylic acids is 1. The Kier molecular flexibility index (Phi) is 3.13. The first-order chi connectivity index (χ1) is 8.49. The summed E-state index contributed by atoms with van der Waals surface area (Å²) in [6, 6.07) is 5.18. The maximum Gasteiger partial charge on any atom is 0.337 e. The SMILES string of the molecule is CCn1c(C)c(C(C)O)c2cccc(C(=O)O)c21. The van der Waals surface area contributed by atoms with Crippen molar-refractivity contribution in [2.45, 2.75) is 33.4 Å². The van der Waals surface area contributed by atoms with Gasteiger partial charge in [0.25, 0.3) is 0 Å². The fourth-order valence-corrected chi connectivity index (χ4v) is 2.65. The van der Waals surface area contributed by atoms with Crippen LogP contribution in [0.25, 0.3) is 10.9 Å². The number of carboxylic acid groups (broad SMARTS) is 1. The normalized spacial score (nSPS) is 12.9. The standard InChI is InChI=1S/C14H17NO3/c1-4-15-8(2)12(9(3)16)10-6-5-7-11(13(10)15)14(17)18/h5-7,9,16H,4H2,1-3H3,(H,17,18). The van der Waals surface area contributed by atoms with Gasteiger partial charge in [0.2, 0.25) is 0 Å². The number of fused-ring (bicyclic) bond motifs is 1. The van der Waals surface area contributed by atoms with Crippen LogP contribution in [0.15, 0.2) is 18.2 Å². The number of hydrogen-bond donors (Lipinski definition) is 2. The first kappa shape index (κ1) is 12.6. The van der Waals surface area contributed by atoms with Gasteiger partial charge in [-0.3, -0.25) is 0 Å². The second kappa shape index (κ2) is 4.46. The van der Waals surface area contributed by atoms with E-state index in [2.05, 4.69) is 0 Å². The Morgan fingerprint density at radius 3 is 2.61 bits per heavy atom. The van der Waals surface area contributed by atoms with Crippen LogP contribution < -0.4 is 0 Å². The van der Waals surface area contributed by atoms with E-state index in [0.717, 1.165) is 16.6 Å². The molecule has 1 aromatic heterocycles. The Balaban J connectivity index is 2.95. The summed E-state index contributed by atoms with van der Waals surface area (Å²) in [6.45, 7) is 6.27. The van der Waals surface area contributed by atoms with Gasteiger partial charge in [-0.05, 0) is 26.8 Å². The summed E-state index contributed by atoms with van der Waals surface area (Å²) in [4.78, 5) is 11.3. The van der Waals surface area contributed by atoms with Gasteiger partial charge in [-0.15, -0.1) is 0 Å². The molecule has 0 saturated heterocycles. The van der Waals surface area contributed by atoms with Gasteiger partial charge in [0.1, 0.15) is 0 Å². The highest BCUT2D eigenvalue weighted by atomic mass is 16.4. The molecule has 2 N–H and O–H groups in total. The number of carbonyl (C=O) groups is 1. The molecule has 0 spiro atoms. The Morgan fingerprint density at radius 2 is 2.11 bits per heavy atom. The third-order valence-electron chi connectivity index (χ3n) is 3.36. The van der Waals surface area contributed by atoms with Crippen LogP contribution in [-0.4, -0.2) is 20.7 Å². The first-order valence-electron chi connectivity index (χ1n) is 6.02. The van der Waals surface area contributed by atoms with Crippen LogP contribution in [0.2, 0.25) is 0 Å². The molecule has 0 aliphatic carbocycles. The van der Waals surface area contributed by atoms with E-state index in [1.54, 1.807) is 19.1 Å². The molecule has 0 radical (unpaired) electrons. The number of aromatic nitrogens is 1. The van der Waals surface area contributed by atoms with Crippen LogP contribution in [0, 0.1) is 6.92 Å². The molecule has 1 unspecified atom stereocenters. The van der Waals surface area contributed by atoms with E-state index < -0.39 is 12.1 Å². The van der Waals surface area contributed by atoms with E-state index in [0.29, 0.717) is 12.1 Å². The number of carboxylic acids is 1. The molecule has 0 aliphatic rings. The van der Waals surface area contributed by atoms with E-state index in [1.807, 2.05) is 24.5 Å². The van der Waals surface area contributed by atoms with Gasteiger partial charge in [-0.25, -0.2) is 4.79 Å². The van der Waals surface area contributed by atoms with Crippen LogP contribution in [0.5, 0.6) is 0 Å². The maximum absolute atomic E-state index is 11.3. The van der Waals surface area contributed by atoms with Crippen LogP contribution in [0.4, 0.5) is 0 Å². The van der Waals surface area contributed by atoms with Crippen molar-refractivity contribution in [2.75, 3.05) is 0 Å². The molecule has 4 heteroatoms. The van der Waals surface area contributed by atoms with Crippen molar-refractivity contribution in [3.63, 3.8) is 0 Å². The summed E-state index contributed by atoms with van der Waals surface area (Å²) in [5.41, 5.74) is 2.72. The minimum Gasteiger partial charge on any atom is -0.478 e. The highest BCUT2D eigenvalue weighted by Gasteiger charge is 2.20. The molecule has 0 saturated carbocycles. The number of nitrogens with zero attached hydrogens (tertiary/aromatic N) is 1. The van der Waals surface area contributed by atoms with Crippen molar-refractivity contribution >= 4 is 16.9 Å². The molecule has 0 amide bonds. The Labute approximate surface area is 105 Å². The number of aliphatic hydroxyl groups excluding tert-OH is 1. The summed E-state index contributed by atoms with van der Waals surface area (Å²) in [5, 5.41) is 20.0. The predicted molar refractivity (Wildman–Crippen MR) is 69.9 cm³/mol. The van der Waals surface area contributed by atoms with E-state index in [4.69, 9.17) is 0 Å². The number of rotatable bonds is 3. The van der Waals surface area contributed by atoms with Gasteiger partial charge < -0.3 is 14.8 Å². The third-order valence-corrected chi connectivity index (χ3v) is 3.36. The zero-order chi connectivity index (χ0) is 13.4. The topological polar surface area (TPSA) is 62.5 Å². The molecular formula is C14H17NO3. The number of aryl methyl sites for hydroxylation is 1. The van der Waals surface area contributed by atoms with Crippen LogP contribution in [-0.2, 0) is 6.54 Å². The molecular weight excluding hydrogens is 230 g/mol. The minimum absolute atomic E-state index is 0.282. The Morgan fingerprint density at radius 1 is 1.44 bits per heavy atom. The molecule has 18 heavy (non-hydrogen) atoms. The van der Waals surface area contributed by atoms with Crippen molar-refractivity contribution in [3.8, 4) is 0 Å². The lowest BCUT2D eigenvalue weighted by molar-refractivity contribution is 0.0698. The molecule has 4 nitrogen and oxygen atoms in total. The van der Waals surface area contributed by atoms with Crippen molar-refractivity contribution < 1.29 is 15.0 Å². The molecule has 0 bridgehead atoms. The lowest BCUT2D eigenvalue weighted by atomic mass is 10.0. The summed E-state index contributed by atoms with van der Waals surface area (Å²) < 4.78 is 1.95. The quantitative estimate of drug-likeness (QED) is 0.876. The summed E-state index contributed by atoms with van der Waals surface area (Å²) >= 11 is 0. The van der Waals surface area contributed by atoms with E-state index in [1.165, 1.54) is 0 Å². The zero-order valence-corrected chi connectivity index (χ0v) is 10.8. The van der Waals surface area contributed by atoms with E-state index in [9.17, 15) is 15.0 Å². The zero-order valence-electron chi connectivity index (χ0n) is 10.8. The molecule has 0 aliphatic heterocycles. The van der Waals surface area contributed by atoms with Gasteiger partial charge in [0, 0.05) is 23.2 Å². The predicted octanol–water partition coefficient (Wildman–Crippen LogP) is 2.72. The van der Waals surface area contributed by atoms with Gasteiger partial charge in [0.05, 0.1) is 17.2 Å². The number of benzene rings is 1. The van der Waals surface area contributed by atoms with Crippen molar-refractivity contribution in [1.82, 2.24) is 4.57 Å². The molecule has 2 rings (SSSR count). The lowest BCUT2D eigenvalue weighted by Gasteiger charge is -2.07. The first-order valence-corrected chi connectivity index (χ1v) is 6.02. The van der Waals surface area contributed by atoms with Crippen molar-refractivity contribution in [3.05, 3.63) is 35.0 Å². The highest BCUT2D eigenvalue weighted by Crippen LogP contribution is 2.32. The number of para-hydroxylation sites is 1. The smallest absolute Gasteiger partial charge is 0.337 e. The van der Waals surface area contributed by atoms with Crippen molar-refractivity contribution in [1.29, 1.82) is 0 Å². The third kappa shape index (κ3) is 1.69. The fourth-order valence-electron chi connectivity index (χ4n) is 2.65. The van der Waals surface area contributed by atoms with Crippen molar-refractivity contribution in [2.24, 2.45) is 0 Å². The van der Waals surface area contributed by atoms with Crippen LogP contribution in [0.3, 0.4) is 0 Å². The average Bonchev–Trinajstić information content (AvgIpc) is 2.59.